The average molecular weight is 393 g/mol. The number of hydrogen-bond donors (Lipinski definition) is 0. The molecule has 2 aliphatic heterocycles. The number of amides is 3. The van der Waals surface area contributed by atoms with Crippen LogP contribution in [-0.2, 0) is 16.0 Å². The number of carbonyl (C=O) groups excluding carboxylic acids is 3. The average Bonchev–Trinajstić information content (AvgIpc) is 3.16. The fourth-order valence-corrected chi connectivity index (χ4v) is 4.43. The first-order valence-corrected chi connectivity index (χ1v) is 10.1. The summed E-state index contributed by atoms with van der Waals surface area (Å²) in [5.41, 5.74) is 2.18. The van der Waals surface area contributed by atoms with Crippen LogP contribution in [0.5, 0.6) is 0 Å². The van der Waals surface area contributed by atoms with E-state index in [0.717, 1.165) is 12.1 Å². The van der Waals surface area contributed by atoms with Crippen molar-refractivity contribution in [1.82, 2.24) is 9.80 Å². The van der Waals surface area contributed by atoms with Gasteiger partial charge in [-0.25, -0.2) is 0 Å². The number of carbonyl (C=O) groups is 3. The van der Waals surface area contributed by atoms with E-state index in [4.69, 9.17) is 4.42 Å². The third kappa shape index (κ3) is 3.20. The van der Waals surface area contributed by atoms with Gasteiger partial charge in [0.15, 0.2) is 5.76 Å². The first-order valence-electron chi connectivity index (χ1n) is 10.1. The second kappa shape index (κ2) is 7.06. The predicted octanol–water partition coefficient (Wildman–Crippen LogP) is 1.79. The molecule has 3 aliphatic rings. The van der Waals surface area contributed by atoms with Gasteiger partial charge in [-0.1, -0.05) is 18.2 Å². The molecule has 2 unspecified atom stereocenters. The van der Waals surface area contributed by atoms with Crippen molar-refractivity contribution in [3.8, 4) is 0 Å². The zero-order chi connectivity index (χ0) is 20.0. The van der Waals surface area contributed by atoms with Crippen LogP contribution in [0.25, 0.3) is 0 Å². The van der Waals surface area contributed by atoms with Crippen LogP contribution in [0.4, 0.5) is 5.69 Å². The van der Waals surface area contributed by atoms with Crippen LogP contribution in [0.2, 0.25) is 0 Å². The lowest BCUT2D eigenvalue weighted by Crippen LogP contribution is -2.51. The Morgan fingerprint density at radius 3 is 2.31 bits per heavy atom. The molecule has 1 aromatic carbocycles. The Labute approximate surface area is 168 Å². The highest BCUT2D eigenvalue weighted by Crippen LogP contribution is 2.43. The number of hydrogen-bond acceptors (Lipinski definition) is 4. The van der Waals surface area contributed by atoms with E-state index in [-0.39, 0.29) is 29.6 Å². The van der Waals surface area contributed by atoms with Crippen molar-refractivity contribution in [3.63, 3.8) is 0 Å². The Kier molecular flexibility index (Phi) is 4.38. The van der Waals surface area contributed by atoms with E-state index in [1.807, 2.05) is 23.1 Å². The van der Waals surface area contributed by atoms with E-state index in [1.54, 1.807) is 21.9 Å². The fraction of sp³-hybridized carbons (Fsp3) is 0.409. The van der Waals surface area contributed by atoms with Crippen LogP contribution < -0.4 is 4.90 Å². The molecule has 1 aliphatic carbocycles. The van der Waals surface area contributed by atoms with Crippen LogP contribution in [-0.4, -0.2) is 60.2 Å². The molecule has 0 spiro atoms. The molecule has 150 valence electrons. The molecule has 1 aromatic heterocycles. The van der Waals surface area contributed by atoms with Gasteiger partial charge in [-0.05, 0) is 36.6 Å². The number of nitrogens with zero attached hydrogens (tertiary/aromatic N) is 3. The fourth-order valence-electron chi connectivity index (χ4n) is 4.43. The van der Waals surface area contributed by atoms with Crippen LogP contribution in [0, 0.1) is 11.8 Å². The highest BCUT2D eigenvalue weighted by molar-refractivity contribution is 6.02. The summed E-state index contributed by atoms with van der Waals surface area (Å²) in [6.07, 6.45) is 2.98. The highest BCUT2D eigenvalue weighted by Gasteiger charge is 2.51. The molecule has 2 aromatic rings. The van der Waals surface area contributed by atoms with Gasteiger partial charge in [0, 0.05) is 38.4 Å². The maximum Gasteiger partial charge on any atom is 0.289 e. The Morgan fingerprint density at radius 1 is 0.828 bits per heavy atom. The molecule has 29 heavy (non-hydrogen) atoms. The van der Waals surface area contributed by atoms with Crippen LogP contribution >= 0.6 is 0 Å². The molecular weight excluding hydrogens is 370 g/mol. The summed E-state index contributed by atoms with van der Waals surface area (Å²) in [6, 6.07) is 11.3. The van der Waals surface area contributed by atoms with Crippen LogP contribution in [0.3, 0.4) is 0 Å². The second-order valence-corrected chi connectivity index (χ2v) is 7.91. The minimum Gasteiger partial charge on any atom is -0.459 e. The molecule has 0 bridgehead atoms. The predicted molar refractivity (Wildman–Crippen MR) is 105 cm³/mol. The molecule has 7 nitrogen and oxygen atoms in total. The van der Waals surface area contributed by atoms with Gasteiger partial charge in [0.25, 0.3) is 5.91 Å². The van der Waals surface area contributed by atoms with E-state index >= 15 is 0 Å². The summed E-state index contributed by atoms with van der Waals surface area (Å²) in [6.45, 7) is 2.65. The lowest BCUT2D eigenvalue weighted by atomic mass is 10.2. The molecular formula is C22H23N3O4. The molecule has 0 N–H and O–H groups in total. The largest absolute Gasteiger partial charge is 0.459 e. The number of furan rings is 1. The monoisotopic (exact) mass is 393 g/mol. The number of para-hydroxylation sites is 1. The van der Waals surface area contributed by atoms with Gasteiger partial charge >= 0.3 is 0 Å². The van der Waals surface area contributed by atoms with Gasteiger partial charge in [0.2, 0.25) is 11.8 Å². The zero-order valence-corrected chi connectivity index (χ0v) is 16.1. The minimum absolute atomic E-state index is 0.0425. The van der Waals surface area contributed by atoms with E-state index < -0.39 is 0 Å². The smallest absolute Gasteiger partial charge is 0.289 e. The standard InChI is InChI=1S/C22H23N3O4/c26-20(23-9-11-24(12-10-23)22(28)19-6-3-13-29-19)16-14-17(16)21(27)25-8-7-15-4-1-2-5-18(15)25/h1-6,13,16-17H,7-12,14H2. The number of benzene rings is 1. The van der Waals surface area contributed by atoms with Crippen molar-refractivity contribution in [2.75, 3.05) is 37.6 Å². The summed E-state index contributed by atoms with van der Waals surface area (Å²) in [4.78, 5) is 43.5. The first kappa shape index (κ1) is 18.0. The van der Waals surface area contributed by atoms with Gasteiger partial charge in [-0.3, -0.25) is 14.4 Å². The molecule has 1 saturated carbocycles. The number of fused-ring (bicyclic) bond motifs is 1. The number of anilines is 1. The van der Waals surface area contributed by atoms with Gasteiger partial charge in [0.1, 0.15) is 0 Å². The molecule has 7 heteroatoms. The summed E-state index contributed by atoms with van der Waals surface area (Å²) < 4.78 is 5.17. The zero-order valence-electron chi connectivity index (χ0n) is 16.1. The Balaban J connectivity index is 1.16. The lowest BCUT2D eigenvalue weighted by Gasteiger charge is -2.34. The molecule has 2 atom stereocenters. The van der Waals surface area contributed by atoms with Gasteiger partial charge in [0.05, 0.1) is 18.1 Å². The minimum atomic E-state index is -0.220. The van der Waals surface area contributed by atoms with E-state index in [9.17, 15) is 14.4 Å². The maximum absolute atomic E-state index is 12.9. The first-order chi connectivity index (χ1) is 14.1. The Morgan fingerprint density at radius 2 is 1.55 bits per heavy atom. The molecule has 1 saturated heterocycles. The van der Waals surface area contributed by atoms with Crippen LogP contribution in [0.15, 0.2) is 47.1 Å². The Bertz CT molecular complexity index is 947. The molecule has 3 amide bonds. The normalized spacial score (nSPS) is 23.1. The van der Waals surface area contributed by atoms with Crippen molar-refractivity contribution < 1.29 is 18.8 Å². The molecule has 3 heterocycles. The molecule has 2 fully saturated rings. The summed E-state index contributed by atoms with van der Waals surface area (Å²) in [5.74, 6) is -0.141. The second-order valence-electron chi connectivity index (χ2n) is 7.91. The summed E-state index contributed by atoms with van der Waals surface area (Å²) >= 11 is 0. The van der Waals surface area contributed by atoms with Crippen molar-refractivity contribution in [2.45, 2.75) is 12.8 Å². The third-order valence-corrected chi connectivity index (χ3v) is 6.19. The quantitative estimate of drug-likeness (QED) is 0.797. The van der Waals surface area contributed by atoms with Crippen molar-refractivity contribution in [2.24, 2.45) is 11.8 Å². The van der Waals surface area contributed by atoms with E-state index in [0.29, 0.717) is 44.9 Å². The summed E-state index contributed by atoms with van der Waals surface area (Å²) in [5, 5.41) is 0. The third-order valence-electron chi connectivity index (χ3n) is 6.19. The van der Waals surface area contributed by atoms with Crippen molar-refractivity contribution >= 4 is 23.4 Å². The van der Waals surface area contributed by atoms with Gasteiger partial charge in [-0.2, -0.15) is 0 Å². The lowest BCUT2D eigenvalue weighted by molar-refractivity contribution is -0.135. The molecule has 0 radical (unpaired) electrons. The number of piperazine rings is 1. The van der Waals surface area contributed by atoms with Crippen molar-refractivity contribution in [3.05, 3.63) is 54.0 Å². The molecule has 5 rings (SSSR count). The Hall–Kier alpha value is -3.09. The summed E-state index contributed by atoms with van der Waals surface area (Å²) in [7, 11) is 0. The van der Waals surface area contributed by atoms with Crippen molar-refractivity contribution in [1.29, 1.82) is 0 Å². The SMILES string of the molecule is O=C(c1ccco1)N1CCN(C(=O)C2CC2C(=O)N2CCc3ccccc32)CC1. The van der Waals surface area contributed by atoms with Crippen LogP contribution in [0.1, 0.15) is 22.5 Å². The van der Waals surface area contributed by atoms with E-state index in [1.165, 1.54) is 11.8 Å². The van der Waals surface area contributed by atoms with Gasteiger partial charge in [-0.15, -0.1) is 0 Å². The topological polar surface area (TPSA) is 74.1 Å². The maximum atomic E-state index is 12.9. The highest BCUT2D eigenvalue weighted by atomic mass is 16.3. The van der Waals surface area contributed by atoms with Gasteiger partial charge < -0.3 is 19.1 Å². The van der Waals surface area contributed by atoms with E-state index in [2.05, 4.69) is 6.07 Å². The number of rotatable bonds is 3.